The Bertz CT molecular complexity index is 993. The Hall–Kier alpha value is -2.58. The van der Waals surface area contributed by atoms with Crippen molar-refractivity contribution in [3.8, 4) is 11.4 Å². The van der Waals surface area contributed by atoms with Crippen molar-refractivity contribution < 1.29 is 9.90 Å². The number of carboxylic acids is 1. The fourth-order valence-electron chi connectivity index (χ4n) is 2.14. The van der Waals surface area contributed by atoms with Crippen LogP contribution in [-0.4, -0.2) is 32.2 Å². The highest BCUT2D eigenvalue weighted by Crippen LogP contribution is 2.26. The third-order valence-corrected chi connectivity index (χ3v) is 4.22. The number of hydrogen-bond acceptors (Lipinski definition) is 4. The Balaban J connectivity index is 2.07. The number of nitrogens with one attached hydrogen (secondary N) is 1. The first kappa shape index (κ1) is 16.3. The maximum absolute atomic E-state index is 11.3. The number of H-pyrrole nitrogens is 1. The minimum Gasteiger partial charge on any atom is -0.478 e. The first-order valence-corrected chi connectivity index (χ1v) is 8.07. The van der Waals surface area contributed by atoms with Crippen molar-refractivity contribution in [2.75, 3.05) is 0 Å². The van der Waals surface area contributed by atoms with Crippen LogP contribution in [0.5, 0.6) is 0 Å². The SMILES string of the molecule is O=C(O)c1ccccc1/C=N\n1c(-c2ccccc2Br)n[nH]c1=S. The number of carbonyl (C=O) groups is 1. The maximum atomic E-state index is 11.3. The monoisotopic (exact) mass is 402 g/mol. The van der Waals surface area contributed by atoms with Gasteiger partial charge in [-0.3, -0.25) is 0 Å². The zero-order chi connectivity index (χ0) is 17.1. The van der Waals surface area contributed by atoms with Crippen LogP contribution in [0.2, 0.25) is 0 Å². The van der Waals surface area contributed by atoms with E-state index in [0.717, 1.165) is 10.0 Å². The van der Waals surface area contributed by atoms with Crippen LogP contribution in [0.25, 0.3) is 11.4 Å². The van der Waals surface area contributed by atoms with Gasteiger partial charge in [-0.1, -0.05) is 46.3 Å². The van der Waals surface area contributed by atoms with Gasteiger partial charge >= 0.3 is 5.97 Å². The second kappa shape index (κ2) is 6.90. The third-order valence-electron chi connectivity index (χ3n) is 3.27. The minimum atomic E-state index is -1.01. The average molecular weight is 403 g/mol. The van der Waals surface area contributed by atoms with Crippen LogP contribution in [0.1, 0.15) is 15.9 Å². The number of hydrogen-bond donors (Lipinski definition) is 2. The summed E-state index contributed by atoms with van der Waals surface area (Å²) in [7, 11) is 0. The number of benzene rings is 2. The third kappa shape index (κ3) is 3.19. The Morgan fingerprint density at radius 3 is 2.71 bits per heavy atom. The number of nitrogens with zero attached hydrogens (tertiary/aromatic N) is 3. The lowest BCUT2D eigenvalue weighted by molar-refractivity contribution is 0.0697. The highest BCUT2D eigenvalue weighted by Gasteiger charge is 2.12. The predicted octanol–water partition coefficient (Wildman–Crippen LogP) is 3.95. The van der Waals surface area contributed by atoms with E-state index in [1.165, 1.54) is 17.0 Å². The zero-order valence-electron chi connectivity index (χ0n) is 12.2. The predicted molar refractivity (Wildman–Crippen MR) is 96.9 cm³/mol. The van der Waals surface area contributed by atoms with Gasteiger partial charge in [0.25, 0.3) is 0 Å². The Labute approximate surface area is 150 Å². The number of aromatic amines is 1. The summed E-state index contributed by atoms with van der Waals surface area (Å²) in [5.41, 5.74) is 1.46. The molecule has 8 heteroatoms. The molecule has 2 aromatic carbocycles. The molecule has 0 spiro atoms. The molecule has 2 N–H and O–H groups in total. The fourth-order valence-corrected chi connectivity index (χ4v) is 2.78. The molecule has 0 saturated carbocycles. The summed E-state index contributed by atoms with van der Waals surface area (Å²) in [5, 5.41) is 20.4. The average Bonchev–Trinajstić information content (AvgIpc) is 2.94. The molecule has 0 radical (unpaired) electrons. The molecule has 0 fully saturated rings. The van der Waals surface area contributed by atoms with E-state index in [-0.39, 0.29) is 5.56 Å². The van der Waals surface area contributed by atoms with Crippen molar-refractivity contribution in [2.45, 2.75) is 0 Å². The molecule has 1 aromatic heterocycles. The van der Waals surface area contributed by atoms with E-state index in [1.54, 1.807) is 18.2 Å². The van der Waals surface area contributed by atoms with E-state index in [2.05, 4.69) is 31.2 Å². The molecule has 24 heavy (non-hydrogen) atoms. The molecule has 0 bridgehead atoms. The van der Waals surface area contributed by atoms with E-state index in [9.17, 15) is 9.90 Å². The van der Waals surface area contributed by atoms with Crippen molar-refractivity contribution in [1.82, 2.24) is 14.9 Å². The molecule has 6 nitrogen and oxygen atoms in total. The summed E-state index contributed by atoms with van der Waals surface area (Å²) in [6.07, 6.45) is 1.45. The number of halogens is 1. The lowest BCUT2D eigenvalue weighted by atomic mass is 10.1. The Morgan fingerprint density at radius 1 is 1.25 bits per heavy atom. The number of rotatable bonds is 4. The zero-order valence-corrected chi connectivity index (χ0v) is 14.6. The van der Waals surface area contributed by atoms with Gasteiger partial charge in [-0.05, 0) is 30.4 Å². The Kier molecular flexibility index (Phi) is 4.68. The van der Waals surface area contributed by atoms with Gasteiger partial charge in [0.05, 0.1) is 11.8 Å². The van der Waals surface area contributed by atoms with Gasteiger partial charge in [-0.25, -0.2) is 9.89 Å². The van der Waals surface area contributed by atoms with Crippen LogP contribution in [0, 0.1) is 4.77 Å². The van der Waals surface area contributed by atoms with Crippen molar-refractivity contribution in [3.63, 3.8) is 0 Å². The van der Waals surface area contributed by atoms with E-state index in [4.69, 9.17) is 12.2 Å². The largest absolute Gasteiger partial charge is 0.478 e. The molecular weight excluding hydrogens is 392 g/mol. The molecule has 0 aliphatic carbocycles. The van der Waals surface area contributed by atoms with Gasteiger partial charge in [0, 0.05) is 15.6 Å². The topological polar surface area (TPSA) is 83.3 Å². The lowest BCUT2D eigenvalue weighted by Crippen LogP contribution is -2.02. The van der Waals surface area contributed by atoms with Gasteiger partial charge < -0.3 is 5.11 Å². The highest BCUT2D eigenvalue weighted by atomic mass is 79.9. The summed E-state index contributed by atoms with van der Waals surface area (Å²) in [4.78, 5) is 11.3. The minimum absolute atomic E-state index is 0.165. The van der Waals surface area contributed by atoms with Crippen molar-refractivity contribution >= 4 is 40.3 Å². The molecular formula is C16H11BrN4O2S. The quantitative estimate of drug-likeness (QED) is 0.511. The van der Waals surface area contributed by atoms with Crippen LogP contribution in [0.15, 0.2) is 58.1 Å². The van der Waals surface area contributed by atoms with Crippen LogP contribution in [0.3, 0.4) is 0 Å². The standard InChI is InChI=1S/C16H11BrN4O2S/c17-13-8-4-3-7-12(13)14-19-20-16(24)21(14)18-9-10-5-1-2-6-11(10)15(22)23/h1-9H,(H,20,24)(H,22,23)/b18-9-. The first-order valence-electron chi connectivity index (χ1n) is 6.87. The molecule has 3 rings (SSSR count). The van der Waals surface area contributed by atoms with Crippen molar-refractivity contribution in [1.29, 1.82) is 0 Å². The fraction of sp³-hybridized carbons (Fsp3) is 0. The van der Waals surface area contributed by atoms with Crippen molar-refractivity contribution in [3.05, 3.63) is 68.9 Å². The van der Waals surface area contributed by atoms with Gasteiger partial charge in [0.1, 0.15) is 0 Å². The molecule has 0 aliphatic heterocycles. The van der Waals surface area contributed by atoms with Crippen molar-refractivity contribution in [2.24, 2.45) is 5.10 Å². The van der Waals surface area contributed by atoms with Crippen LogP contribution < -0.4 is 0 Å². The second-order valence-electron chi connectivity index (χ2n) is 4.78. The summed E-state index contributed by atoms with van der Waals surface area (Å²) >= 11 is 8.69. The van der Waals surface area contributed by atoms with Gasteiger partial charge in [-0.15, -0.1) is 0 Å². The normalized spacial score (nSPS) is 11.0. The second-order valence-corrected chi connectivity index (χ2v) is 6.02. The molecule has 0 atom stereocenters. The molecule has 3 aromatic rings. The Morgan fingerprint density at radius 2 is 1.96 bits per heavy atom. The van der Waals surface area contributed by atoms with E-state index in [1.807, 2.05) is 24.3 Å². The smallest absolute Gasteiger partial charge is 0.336 e. The molecule has 0 aliphatic rings. The highest BCUT2D eigenvalue weighted by molar-refractivity contribution is 9.10. The molecule has 0 amide bonds. The number of aromatic nitrogens is 3. The maximum Gasteiger partial charge on any atom is 0.336 e. The van der Waals surface area contributed by atoms with E-state index >= 15 is 0 Å². The first-order chi connectivity index (χ1) is 11.6. The number of carboxylic acid groups (broad SMARTS) is 1. The molecule has 1 heterocycles. The molecule has 0 unspecified atom stereocenters. The van der Waals surface area contributed by atoms with E-state index in [0.29, 0.717) is 16.2 Å². The summed E-state index contributed by atoms with van der Waals surface area (Å²) < 4.78 is 2.61. The van der Waals surface area contributed by atoms with Gasteiger partial charge in [0.15, 0.2) is 5.82 Å². The summed E-state index contributed by atoms with van der Waals surface area (Å²) in [6.45, 7) is 0. The lowest BCUT2D eigenvalue weighted by Gasteiger charge is -2.04. The molecule has 120 valence electrons. The van der Waals surface area contributed by atoms with Crippen LogP contribution in [-0.2, 0) is 0 Å². The van der Waals surface area contributed by atoms with Gasteiger partial charge in [0.2, 0.25) is 4.77 Å². The summed E-state index contributed by atoms with van der Waals surface area (Å²) in [5.74, 6) is -0.490. The van der Waals surface area contributed by atoms with Crippen LogP contribution >= 0.6 is 28.1 Å². The number of aromatic carboxylic acids is 1. The summed E-state index contributed by atoms with van der Waals surface area (Å²) in [6, 6.07) is 14.2. The molecule has 0 saturated heterocycles. The van der Waals surface area contributed by atoms with E-state index < -0.39 is 5.97 Å². The van der Waals surface area contributed by atoms with Crippen LogP contribution in [0.4, 0.5) is 0 Å². The van der Waals surface area contributed by atoms with Gasteiger partial charge in [-0.2, -0.15) is 14.9 Å².